The fourth-order valence-electron chi connectivity index (χ4n) is 3.52. The highest BCUT2D eigenvalue weighted by Crippen LogP contribution is 2.34. The van der Waals surface area contributed by atoms with E-state index in [-0.39, 0.29) is 5.82 Å². The third kappa shape index (κ3) is 3.51. The molecule has 136 valence electrons. The Kier molecular flexibility index (Phi) is 5.43. The fraction of sp³-hybridized carbons (Fsp3) is 0.421. The zero-order valence-electron chi connectivity index (χ0n) is 14.7. The van der Waals surface area contributed by atoms with E-state index in [4.69, 9.17) is 0 Å². The fourth-order valence-corrected chi connectivity index (χ4v) is 3.52. The van der Waals surface area contributed by atoms with Gasteiger partial charge in [0.15, 0.2) is 5.82 Å². The molecule has 1 fully saturated rings. The maximum atomic E-state index is 13.3. The lowest BCUT2D eigenvalue weighted by Gasteiger charge is -2.44. The smallest absolute Gasteiger partial charge is 0.225 e. The summed E-state index contributed by atoms with van der Waals surface area (Å²) in [5.41, 5.74) is 0.0350. The molecule has 1 aliphatic rings. The molecule has 26 heavy (non-hydrogen) atoms. The number of hydrogen-bond donors (Lipinski definition) is 0. The molecular formula is C19H21F2N5. The van der Waals surface area contributed by atoms with Crippen molar-refractivity contribution in [3.63, 3.8) is 0 Å². The van der Waals surface area contributed by atoms with Gasteiger partial charge < -0.3 is 4.90 Å². The van der Waals surface area contributed by atoms with E-state index in [2.05, 4.69) is 20.9 Å². The largest absolute Gasteiger partial charge is 0.338 e. The molecule has 0 amide bonds. The van der Waals surface area contributed by atoms with E-state index in [9.17, 15) is 14.0 Å². The molecular weight excluding hydrogens is 336 g/mol. The molecule has 0 saturated carbocycles. The Morgan fingerprint density at radius 3 is 2.19 bits per heavy atom. The van der Waals surface area contributed by atoms with Gasteiger partial charge in [-0.25, -0.2) is 18.7 Å². The summed E-state index contributed by atoms with van der Waals surface area (Å²) in [6.45, 7) is 4.61. The summed E-state index contributed by atoms with van der Waals surface area (Å²) in [4.78, 5) is 12.2. The van der Waals surface area contributed by atoms with Gasteiger partial charge in [-0.2, -0.15) is 5.26 Å². The lowest BCUT2D eigenvalue weighted by atomic mass is 9.84. The standard InChI is InChI=1S/C19H21F2N5/c1-2-7-19(14-22,15-3-5-16(20)6-4-15)26-10-8-25(9-11-26)18-23-12-17(21)13-24-18/h3-6,12-13H,2,7-11H2,1H3. The second-order valence-electron chi connectivity index (χ2n) is 6.40. The van der Waals surface area contributed by atoms with Gasteiger partial charge in [0.25, 0.3) is 0 Å². The van der Waals surface area contributed by atoms with Crippen LogP contribution in [0.25, 0.3) is 0 Å². The number of aromatic nitrogens is 2. The summed E-state index contributed by atoms with van der Waals surface area (Å²) in [6, 6.07) is 8.69. The van der Waals surface area contributed by atoms with Crippen molar-refractivity contribution in [3.05, 3.63) is 53.9 Å². The number of piperazine rings is 1. The van der Waals surface area contributed by atoms with Gasteiger partial charge in [-0.15, -0.1) is 0 Å². The van der Waals surface area contributed by atoms with Crippen LogP contribution in [-0.2, 0) is 5.54 Å². The first kappa shape index (κ1) is 18.2. The quantitative estimate of drug-likeness (QED) is 0.823. The van der Waals surface area contributed by atoms with Crippen molar-refractivity contribution < 1.29 is 8.78 Å². The number of nitriles is 1. The number of rotatable bonds is 5. The molecule has 1 aliphatic heterocycles. The molecule has 5 nitrogen and oxygen atoms in total. The Morgan fingerprint density at radius 1 is 1.04 bits per heavy atom. The van der Waals surface area contributed by atoms with Crippen LogP contribution < -0.4 is 4.90 Å². The van der Waals surface area contributed by atoms with Crippen LogP contribution in [0.15, 0.2) is 36.7 Å². The van der Waals surface area contributed by atoms with Crippen LogP contribution in [0, 0.1) is 23.0 Å². The summed E-state index contributed by atoms with van der Waals surface area (Å²) >= 11 is 0. The molecule has 0 spiro atoms. The highest BCUT2D eigenvalue weighted by Gasteiger charge is 2.40. The summed E-state index contributed by atoms with van der Waals surface area (Å²) < 4.78 is 26.3. The summed E-state index contributed by atoms with van der Waals surface area (Å²) in [5.74, 6) is -0.281. The lowest BCUT2D eigenvalue weighted by molar-refractivity contribution is 0.116. The average molecular weight is 357 g/mol. The molecule has 0 N–H and O–H groups in total. The Morgan fingerprint density at radius 2 is 1.65 bits per heavy atom. The van der Waals surface area contributed by atoms with Crippen molar-refractivity contribution in [2.75, 3.05) is 31.1 Å². The zero-order valence-corrected chi connectivity index (χ0v) is 14.7. The Balaban J connectivity index is 1.80. The topological polar surface area (TPSA) is 56.1 Å². The third-order valence-electron chi connectivity index (χ3n) is 4.83. The summed E-state index contributed by atoms with van der Waals surface area (Å²) in [6.07, 6.45) is 3.82. The molecule has 2 aromatic rings. The Labute approximate surface area is 151 Å². The van der Waals surface area contributed by atoms with Crippen molar-refractivity contribution in [2.45, 2.75) is 25.3 Å². The minimum Gasteiger partial charge on any atom is -0.338 e. The normalized spacial score (nSPS) is 17.5. The molecule has 1 aromatic carbocycles. The van der Waals surface area contributed by atoms with Crippen LogP contribution in [0.2, 0.25) is 0 Å². The van der Waals surface area contributed by atoms with Crippen molar-refractivity contribution in [3.8, 4) is 6.07 Å². The van der Waals surface area contributed by atoms with E-state index in [1.54, 1.807) is 12.1 Å². The summed E-state index contributed by atoms with van der Waals surface area (Å²) in [5, 5.41) is 10.0. The number of anilines is 1. The average Bonchev–Trinajstić information content (AvgIpc) is 2.68. The molecule has 1 saturated heterocycles. The van der Waals surface area contributed by atoms with E-state index < -0.39 is 11.4 Å². The van der Waals surface area contributed by atoms with Crippen LogP contribution >= 0.6 is 0 Å². The van der Waals surface area contributed by atoms with Crippen molar-refractivity contribution in [1.29, 1.82) is 5.26 Å². The molecule has 1 atom stereocenters. The van der Waals surface area contributed by atoms with Crippen molar-refractivity contribution in [1.82, 2.24) is 14.9 Å². The molecule has 1 unspecified atom stereocenters. The first-order chi connectivity index (χ1) is 12.6. The molecule has 1 aromatic heterocycles. The van der Waals surface area contributed by atoms with Crippen molar-refractivity contribution >= 4 is 5.95 Å². The van der Waals surface area contributed by atoms with E-state index in [0.717, 1.165) is 24.4 Å². The summed E-state index contributed by atoms with van der Waals surface area (Å²) in [7, 11) is 0. The van der Waals surface area contributed by atoms with Crippen LogP contribution in [0.4, 0.5) is 14.7 Å². The van der Waals surface area contributed by atoms with E-state index in [1.807, 2.05) is 11.8 Å². The van der Waals surface area contributed by atoms with Gasteiger partial charge in [-0.1, -0.05) is 25.5 Å². The molecule has 0 aliphatic carbocycles. The highest BCUT2D eigenvalue weighted by atomic mass is 19.1. The predicted molar refractivity (Wildman–Crippen MR) is 94.4 cm³/mol. The van der Waals surface area contributed by atoms with Crippen LogP contribution in [0.1, 0.15) is 25.3 Å². The highest BCUT2D eigenvalue weighted by molar-refractivity contribution is 5.34. The first-order valence-corrected chi connectivity index (χ1v) is 8.74. The van der Waals surface area contributed by atoms with Crippen LogP contribution in [-0.4, -0.2) is 41.0 Å². The minimum absolute atomic E-state index is 0.310. The van der Waals surface area contributed by atoms with Gasteiger partial charge >= 0.3 is 0 Å². The van der Waals surface area contributed by atoms with E-state index in [0.29, 0.717) is 38.5 Å². The van der Waals surface area contributed by atoms with Crippen LogP contribution in [0.3, 0.4) is 0 Å². The molecule has 0 bridgehead atoms. The monoisotopic (exact) mass is 357 g/mol. The van der Waals surface area contributed by atoms with Crippen LogP contribution in [0.5, 0.6) is 0 Å². The van der Waals surface area contributed by atoms with Crippen molar-refractivity contribution in [2.24, 2.45) is 0 Å². The Hall–Kier alpha value is -2.59. The maximum absolute atomic E-state index is 13.3. The molecule has 7 heteroatoms. The predicted octanol–water partition coefficient (Wildman–Crippen LogP) is 3.10. The van der Waals surface area contributed by atoms with Gasteiger partial charge in [0, 0.05) is 26.2 Å². The lowest BCUT2D eigenvalue weighted by Crippen LogP contribution is -2.55. The first-order valence-electron chi connectivity index (χ1n) is 8.74. The SMILES string of the molecule is CCCC(C#N)(c1ccc(F)cc1)N1CCN(c2ncc(F)cn2)CC1. The number of benzene rings is 1. The molecule has 3 rings (SSSR count). The number of halogens is 2. The molecule has 0 radical (unpaired) electrons. The van der Waals surface area contributed by atoms with Gasteiger partial charge in [0.2, 0.25) is 5.95 Å². The third-order valence-corrected chi connectivity index (χ3v) is 4.83. The zero-order chi connectivity index (χ0) is 18.6. The number of hydrogen-bond acceptors (Lipinski definition) is 5. The van der Waals surface area contributed by atoms with Gasteiger partial charge in [0.05, 0.1) is 18.5 Å². The number of nitrogens with zero attached hydrogens (tertiary/aromatic N) is 5. The Bertz CT molecular complexity index is 764. The molecule has 2 heterocycles. The van der Waals surface area contributed by atoms with Gasteiger partial charge in [-0.3, -0.25) is 4.90 Å². The van der Waals surface area contributed by atoms with Gasteiger partial charge in [0.1, 0.15) is 11.4 Å². The second-order valence-corrected chi connectivity index (χ2v) is 6.40. The maximum Gasteiger partial charge on any atom is 0.225 e. The second kappa shape index (κ2) is 7.75. The minimum atomic E-state index is -0.780. The van der Waals surface area contributed by atoms with Gasteiger partial charge in [-0.05, 0) is 24.1 Å². The van der Waals surface area contributed by atoms with E-state index in [1.165, 1.54) is 12.1 Å². The van der Waals surface area contributed by atoms with E-state index >= 15 is 0 Å².